The molecule has 3 aromatic rings. The van der Waals surface area contributed by atoms with Gasteiger partial charge < -0.3 is 10.6 Å². The minimum absolute atomic E-state index is 0.129. The molecule has 2 N–H and O–H groups in total. The van der Waals surface area contributed by atoms with Crippen molar-refractivity contribution in [3.05, 3.63) is 88.7 Å². The van der Waals surface area contributed by atoms with Gasteiger partial charge >= 0.3 is 0 Å². The van der Waals surface area contributed by atoms with Gasteiger partial charge in [0.25, 0.3) is 11.8 Å². The number of nitrogens with zero attached hydrogens (tertiary/aromatic N) is 1. The number of anilines is 2. The van der Waals surface area contributed by atoms with Gasteiger partial charge in [-0.3, -0.25) is 14.6 Å². The molecule has 136 valence electrons. The summed E-state index contributed by atoms with van der Waals surface area (Å²) >= 11 is 6.05. The maximum absolute atomic E-state index is 12.5. The number of pyridine rings is 1. The number of nitrogens with one attached hydrogen (secondary N) is 2. The highest BCUT2D eigenvalue weighted by molar-refractivity contribution is 6.33. The number of hydrogen-bond donors (Lipinski definition) is 2. The summed E-state index contributed by atoms with van der Waals surface area (Å²) in [6.07, 6.45) is 2.36. The number of aryl methyl sites for hydroxylation is 1. The van der Waals surface area contributed by atoms with E-state index in [0.717, 1.165) is 6.42 Å². The average molecular weight is 380 g/mol. The number of benzene rings is 2. The van der Waals surface area contributed by atoms with Gasteiger partial charge in [-0.2, -0.15) is 0 Å². The largest absolute Gasteiger partial charge is 0.322 e. The summed E-state index contributed by atoms with van der Waals surface area (Å²) < 4.78 is 0. The summed E-state index contributed by atoms with van der Waals surface area (Å²) in [6.45, 7) is 2.07. The van der Waals surface area contributed by atoms with Crippen LogP contribution in [0.5, 0.6) is 0 Å². The zero-order valence-electron chi connectivity index (χ0n) is 14.7. The van der Waals surface area contributed by atoms with E-state index in [9.17, 15) is 9.59 Å². The highest BCUT2D eigenvalue weighted by Gasteiger charge is 2.13. The van der Waals surface area contributed by atoms with E-state index in [0.29, 0.717) is 22.0 Å². The maximum atomic E-state index is 12.5. The second-order valence-electron chi connectivity index (χ2n) is 5.87. The van der Waals surface area contributed by atoms with Crippen LogP contribution in [0.2, 0.25) is 5.02 Å². The van der Waals surface area contributed by atoms with Crippen molar-refractivity contribution in [2.24, 2.45) is 0 Å². The molecule has 2 aromatic carbocycles. The molecule has 27 heavy (non-hydrogen) atoms. The van der Waals surface area contributed by atoms with E-state index in [1.165, 1.54) is 17.8 Å². The van der Waals surface area contributed by atoms with Crippen molar-refractivity contribution in [2.75, 3.05) is 10.6 Å². The molecular formula is C21H18ClN3O2. The van der Waals surface area contributed by atoms with Crippen LogP contribution in [-0.2, 0) is 6.42 Å². The zero-order valence-corrected chi connectivity index (χ0v) is 15.5. The monoisotopic (exact) mass is 379 g/mol. The first-order valence-electron chi connectivity index (χ1n) is 8.49. The van der Waals surface area contributed by atoms with Crippen LogP contribution in [0.1, 0.15) is 33.3 Å². The summed E-state index contributed by atoms with van der Waals surface area (Å²) in [5.74, 6) is -0.751. The molecule has 2 amide bonds. The lowest BCUT2D eigenvalue weighted by molar-refractivity contribution is 0.102. The molecule has 0 atom stereocenters. The third-order valence-corrected chi connectivity index (χ3v) is 4.33. The van der Waals surface area contributed by atoms with Gasteiger partial charge in [0.15, 0.2) is 0 Å². The van der Waals surface area contributed by atoms with Crippen LogP contribution in [0.3, 0.4) is 0 Å². The molecule has 0 radical (unpaired) electrons. The first-order chi connectivity index (χ1) is 13.1. The Labute approximate surface area is 162 Å². The molecule has 6 heteroatoms. The second kappa shape index (κ2) is 8.47. The third kappa shape index (κ3) is 4.71. The van der Waals surface area contributed by atoms with Crippen molar-refractivity contribution in [3.8, 4) is 0 Å². The predicted octanol–water partition coefficient (Wildman–Crippen LogP) is 4.80. The van der Waals surface area contributed by atoms with E-state index in [2.05, 4.69) is 22.5 Å². The lowest BCUT2D eigenvalue weighted by Gasteiger charge is -2.09. The van der Waals surface area contributed by atoms with Gasteiger partial charge in [-0.25, -0.2) is 0 Å². The number of carbonyl (C=O) groups is 2. The van der Waals surface area contributed by atoms with Crippen molar-refractivity contribution in [3.63, 3.8) is 0 Å². The number of aromatic nitrogens is 1. The van der Waals surface area contributed by atoms with E-state index < -0.39 is 5.91 Å². The van der Waals surface area contributed by atoms with Crippen LogP contribution in [0.4, 0.5) is 11.4 Å². The van der Waals surface area contributed by atoms with Crippen LogP contribution in [0, 0.1) is 0 Å². The van der Waals surface area contributed by atoms with Crippen molar-refractivity contribution in [2.45, 2.75) is 13.3 Å². The molecule has 0 fully saturated rings. The first kappa shape index (κ1) is 18.6. The smallest absolute Gasteiger partial charge is 0.274 e. The first-order valence-corrected chi connectivity index (χ1v) is 8.87. The van der Waals surface area contributed by atoms with Gasteiger partial charge in [0.1, 0.15) is 5.69 Å². The van der Waals surface area contributed by atoms with Crippen LogP contribution in [0.25, 0.3) is 0 Å². The Kier molecular flexibility index (Phi) is 5.84. The number of halogens is 1. The Morgan fingerprint density at radius 1 is 0.963 bits per heavy atom. The maximum Gasteiger partial charge on any atom is 0.274 e. The lowest BCUT2D eigenvalue weighted by Crippen LogP contribution is -2.17. The molecule has 3 rings (SSSR count). The SMILES string of the molecule is CCc1ccc(NC(=O)c2ccnc(C(=O)Nc3ccccc3Cl)c2)cc1. The van der Waals surface area contributed by atoms with Crippen molar-refractivity contribution in [1.82, 2.24) is 4.98 Å². The topological polar surface area (TPSA) is 71.1 Å². The fourth-order valence-electron chi connectivity index (χ4n) is 2.47. The predicted molar refractivity (Wildman–Crippen MR) is 107 cm³/mol. The highest BCUT2D eigenvalue weighted by atomic mass is 35.5. The lowest BCUT2D eigenvalue weighted by atomic mass is 10.1. The molecule has 0 aliphatic heterocycles. The highest BCUT2D eigenvalue weighted by Crippen LogP contribution is 2.21. The summed E-state index contributed by atoms with van der Waals surface area (Å²) in [7, 11) is 0. The molecule has 0 unspecified atom stereocenters. The van der Waals surface area contributed by atoms with Gasteiger partial charge in [-0.15, -0.1) is 0 Å². The molecule has 0 aliphatic rings. The Morgan fingerprint density at radius 3 is 2.41 bits per heavy atom. The fourth-order valence-corrected chi connectivity index (χ4v) is 2.65. The fraction of sp³-hybridized carbons (Fsp3) is 0.0952. The third-order valence-electron chi connectivity index (χ3n) is 4.00. The van der Waals surface area contributed by atoms with E-state index in [-0.39, 0.29) is 11.6 Å². The van der Waals surface area contributed by atoms with Gasteiger partial charge in [0, 0.05) is 17.4 Å². The molecule has 5 nitrogen and oxygen atoms in total. The quantitative estimate of drug-likeness (QED) is 0.668. The number of hydrogen-bond acceptors (Lipinski definition) is 3. The summed E-state index contributed by atoms with van der Waals surface area (Å²) in [5, 5.41) is 5.93. The van der Waals surface area contributed by atoms with E-state index >= 15 is 0 Å². The Morgan fingerprint density at radius 2 is 1.70 bits per heavy atom. The molecular weight excluding hydrogens is 362 g/mol. The van der Waals surface area contributed by atoms with Crippen molar-refractivity contribution >= 4 is 34.8 Å². The van der Waals surface area contributed by atoms with Crippen molar-refractivity contribution in [1.29, 1.82) is 0 Å². The average Bonchev–Trinajstić information content (AvgIpc) is 2.70. The van der Waals surface area contributed by atoms with Crippen LogP contribution < -0.4 is 10.6 Å². The summed E-state index contributed by atoms with van der Waals surface area (Å²) in [4.78, 5) is 28.9. The zero-order chi connectivity index (χ0) is 19.2. The minimum atomic E-state index is -0.440. The molecule has 0 saturated carbocycles. The minimum Gasteiger partial charge on any atom is -0.322 e. The molecule has 0 saturated heterocycles. The van der Waals surface area contributed by atoms with E-state index in [1.807, 2.05) is 24.3 Å². The van der Waals surface area contributed by atoms with Crippen molar-refractivity contribution < 1.29 is 9.59 Å². The Balaban J connectivity index is 1.73. The number of carbonyl (C=O) groups excluding carboxylic acids is 2. The molecule has 0 aliphatic carbocycles. The Bertz CT molecular complexity index is 971. The van der Waals surface area contributed by atoms with Crippen LogP contribution in [-0.4, -0.2) is 16.8 Å². The standard InChI is InChI=1S/C21H18ClN3O2/c1-2-14-7-9-16(10-8-14)24-20(26)15-11-12-23-19(13-15)21(27)25-18-6-4-3-5-17(18)22/h3-13H,2H2,1H3,(H,24,26)(H,25,27). The molecule has 1 aromatic heterocycles. The van der Waals surface area contributed by atoms with Crippen LogP contribution >= 0.6 is 11.6 Å². The van der Waals surface area contributed by atoms with E-state index in [4.69, 9.17) is 11.6 Å². The van der Waals surface area contributed by atoms with E-state index in [1.54, 1.807) is 30.3 Å². The number of para-hydroxylation sites is 1. The Hall–Kier alpha value is -3.18. The van der Waals surface area contributed by atoms with Gasteiger partial charge in [-0.05, 0) is 48.4 Å². The van der Waals surface area contributed by atoms with Gasteiger partial charge in [-0.1, -0.05) is 42.8 Å². The van der Waals surface area contributed by atoms with Gasteiger partial charge in [0.05, 0.1) is 10.7 Å². The van der Waals surface area contributed by atoms with Gasteiger partial charge in [0.2, 0.25) is 0 Å². The molecule has 1 heterocycles. The second-order valence-corrected chi connectivity index (χ2v) is 6.28. The number of amides is 2. The summed E-state index contributed by atoms with van der Waals surface area (Å²) in [6, 6.07) is 17.5. The normalized spacial score (nSPS) is 10.3. The van der Waals surface area contributed by atoms with Crippen LogP contribution in [0.15, 0.2) is 66.9 Å². The molecule has 0 spiro atoms. The summed E-state index contributed by atoms with van der Waals surface area (Å²) in [5.41, 5.74) is 2.83. The molecule has 0 bridgehead atoms. The number of rotatable bonds is 5.